The average molecular weight is 1140 g/mol. The fourth-order valence-electron chi connectivity index (χ4n) is 10.2. The zero-order valence-electron chi connectivity index (χ0n) is 48.5. The van der Waals surface area contributed by atoms with Gasteiger partial charge in [0.05, 0.1) is 38.6 Å². The Morgan fingerprint density at radius 2 is 0.800 bits per heavy atom. The van der Waals surface area contributed by atoms with Crippen molar-refractivity contribution in [2.45, 2.75) is 304 Å². The lowest BCUT2D eigenvalue weighted by Gasteiger charge is -2.48. The zero-order valence-corrected chi connectivity index (χ0v) is 48.5. The van der Waals surface area contributed by atoms with E-state index in [2.05, 4.69) is 55.6 Å². The molecule has 1 amide bonds. The second-order valence-corrected chi connectivity index (χ2v) is 22.1. The summed E-state index contributed by atoms with van der Waals surface area (Å²) in [6.45, 7) is 1.65. The predicted octanol–water partition coefficient (Wildman–Crippen LogP) is 5.87. The molecule has 3 saturated heterocycles. The predicted molar refractivity (Wildman–Crippen MR) is 305 cm³/mol. The van der Waals surface area contributed by atoms with Gasteiger partial charge in [-0.15, -0.1) is 0 Å². The second-order valence-electron chi connectivity index (χ2n) is 22.1. The number of carbonyl (C=O) groups is 1. The molecule has 12 N–H and O–H groups in total. The highest BCUT2D eigenvalue weighted by Crippen LogP contribution is 2.33. The number of rotatable bonds is 45. The van der Waals surface area contributed by atoms with Crippen molar-refractivity contribution >= 4 is 5.91 Å². The van der Waals surface area contributed by atoms with Gasteiger partial charge >= 0.3 is 0 Å². The number of hydrogen-bond acceptors (Lipinski definition) is 18. The number of hydrogen-bond donors (Lipinski definition) is 12. The van der Waals surface area contributed by atoms with Crippen LogP contribution in [0.5, 0.6) is 0 Å². The number of amides is 1. The molecule has 19 heteroatoms. The first-order valence-electron chi connectivity index (χ1n) is 30.9. The maximum absolute atomic E-state index is 13.3. The SMILES string of the molecule is CCCCC/C=C\CCCCCCCC(=O)NC(COC1OC(CO)C(OC2OC(CO)C(OC3OC(CO)C(O)C(O)C3O)C(O)C2O)C(O)C1O)C(O)/C=C/CC/C=C/CC/C=C/CCCCCCCCCCCCCCC. The molecule has 17 unspecified atom stereocenters. The van der Waals surface area contributed by atoms with Crippen molar-refractivity contribution in [3.63, 3.8) is 0 Å². The maximum Gasteiger partial charge on any atom is 0.220 e. The fraction of sp³-hybridized carbons (Fsp3) is 0.852. The van der Waals surface area contributed by atoms with Crippen molar-refractivity contribution in [2.75, 3.05) is 26.4 Å². The minimum Gasteiger partial charge on any atom is -0.394 e. The summed E-state index contributed by atoms with van der Waals surface area (Å²) in [6, 6.07) is -1.000. The molecule has 0 spiro atoms. The summed E-state index contributed by atoms with van der Waals surface area (Å²) in [5, 5.41) is 120. The summed E-state index contributed by atoms with van der Waals surface area (Å²) >= 11 is 0. The Bertz CT molecular complexity index is 1650. The Morgan fingerprint density at radius 3 is 1.27 bits per heavy atom. The number of ether oxygens (including phenoxy) is 6. The quantitative estimate of drug-likeness (QED) is 0.0250. The fourth-order valence-corrected chi connectivity index (χ4v) is 10.2. The lowest BCUT2D eigenvalue weighted by atomic mass is 9.96. The molecule has 0 aromatic carbocycles. The van der Waals surface area contributed by atoms with Gasteiger partial charge in [0.15, 0.2) is 18.9 Å². The largest absolute Gasteiger partial charge is 0.394 e. The second kappa shape index (κ2) is 44.3. The summed E-state index contributed by atoms with van der Waals surface area (Å²) in [5.74, 6) is -0.301. The van der Waals surface area contributed by atoms with E-state index in [-0.39, 0.29) is 18.9 Å². The van der Waals surface area contributed by atoms with Crippen molar-refractivity contribution in [1.82, 2.24) is 5.32 Å². The highest BCUT2D eigenvalue weighted by molar-refractivity contribution is 5.76. The molecule has 3 heterocycles. The van der Waals surface area contributed by atoms with Crippen molar-refractivity contribution < 1.29 is 89.4 Å². The van der Waals surface area contributed by atoms with E-state index < -0.39 is 124 Å². The van der Waals surface area contributed by atoms with E-state index >= 15 is 0 Å². The van der Waals surface area contributed by atoms with E-state index in [1.165, 1.54) is 103 Å². The molecule has 0 aromatic heterocycles. The molecule has 0 bridgehead atoms. The van der Waals surface area contributed by atoms with E-state index in [0.29, 0.717) is 12.8 Å². The van der Waals surface area contributed by atoms with Crippen molar-refractivity contribution in [3.8, 4) is 0 Å². The smallest absolute Gasteiger partial charge is 0.220 e. The first-order valence-corrected chi connectivity index (χ1v) is 30.9. The lowest BCUT2D eigenvalue weighted by molar-refractivity contribution is -0.379. The maximum atomic E-state index is 13.3. The van der Waals surface area contributed by atoms with Gasteiger partial charge in [-0.05, 0) is 70.6 Å². The van der Waals surface area contributed by atoms with Crippen LogP contribution in [-0.4, -0.2) is 193 Å². The van der Waals surface area contributed by atoms with Crippen LogP contribution in [0.4, 0.5) is 0 Å². The molecule has 3 aliphatic rings. The van der Waals surface area contributed by atoms with Crippen LogP contribution >= 0.6 is 0 Å². The summed E-state index contributed by atoms with van der Waals surface area (Å²) in [6.07, 6.45) is 22.5. The molecule has 3 aliphatic heterocycles. The molecule has 0 aliphatic carbocycles. The van der Waals surface area contributed by atoms with Gasteiger partial charge in [0.1, 0.15) is 73.2 Å². The number of carbonyl (C=O) groups excluding carboxylic acids is 1. The summed E-state index contributed by atoms with van der Waals surface area (Å²) < 4.78 is 34.2. The van der Waals surface area contributed by atoms with Crippen LogP contribution < -0.4 is 5.32 Å². The van der Waals surface area contributed by atoms with E-state index in [9.17, 15) is 61.0 Å². The van der Waals surface area contributed by atoms with Gasteiger partial charge in [0, 0.05) is 6.42 Å². The van der Waals surface area contributed by atoms with Gasteiger partial charge in [0.25, 0.3) is 0 Å². The third-order valence-electron chi connectivity index (χ3n) is 15.3. The molecule has 19 nitrogen and oxygen atoms in total. The number of aliphatic hydroxyl groups is 11. The van der Waals surface area contributed by atoms with Gasteiger partial charge in [-0.3, -0.25) is 4.79 Å². The van der Waals surface area contributed by atoms with Gasteiger partial charge in [-0.2, -0.15) is 0 Å². The van der Waals surface area contributed by atoms with E-state index in [0.717, 1.165) is 64.2 Å². The van der Waals surface area contributed by atoms with Crippen LogP contribution in [0.15, 0.2) is 48.6 Å². The Labute approximate surface area is 478 Å². The standard InChI is InChI=1S/C61H109NO18/c1-3-5-7-9-11-13-15-17-18-19-20-21-22-23-24-25-26-27-28-30-32-34-36-38-45(66)44(62-49(67)39-37-35-33-31-29-16-14-12-10-8-6-4-2)43-75-59-55(73)52(70)57(47(41-64)77-59)80-61-56(74)53(71)58(48(42-65)78-61)79-60-54(72)51(69)50(68)46(40-63)76-60/h12,14,24-25,28,30,36,38,44-48,50-61,63-66,68-74H,3-11,13,15-23,26-27,29,31-35,37,39-43H2,1-2H3,(H,62,67)/b14-12-,25-24+,30-28+,38-36+. The van der Waals surface area contributed by atoms with Gasteiger partial charge in [-0.1, -0.05) is 172 Å². The number of unbranched alkanes of at least 4 members (excludes halogenated alkanes) is 23. The first-order chi connectivity index (χ1) is 38.8. The van der Waals surface area contributed by atoms with Crippen LogP contribution in [0.3, 0.4) is 0 Å². The normalized spacial score (nSPS) is 30.3. The van der Waals surface area contributed by atoms with Crippen LogP contribution in [-0.2, 0) is 33.2 Å². The number of aliphatic hydroxyl groups excluding tert-OH is 11. The molecule has 0 aromatic rings. The molecule has 80 heavy (non-hydrogen) atoms. The molecule has 0 radical (unpaired) electrons. The third kappa shape index (κ3) is 27.6. The average Bonchev–Trinajstić information content (AvgIpc) is 3.56. The van der Waals surface area contributed by atoms with Crippen LogP contribution in [0.1, 0.15) is 200 Å². The number of allylic oxidation sites excluding steroid dienone is 7. The van der Waals surface area contributed by atoms with Gasteiger partial charge in [0.2, 0.25) is 5.91 Å². The third-order valence-corrected chi connectivity index (χ3v) is 15.3. The Balaban J connectivity index is 1.50. The summed E-state index contributed by atoms with van der Waals surface area (Å²) in [7, 11) is 0. The molecular weight excluding hydrogens is 1030 g/mol. The monoisotopic (exact) mass is 1140 g/mol. The minimum atomic E-state index is -1.98. The summed E-state index contributed by atoms with van der Waals surface area (Å²) in [4.78, 5) is 13.3. The molecule has 3 fully saturated rings. The molecule has 3 rings (SSSR count). The van der Waals surface area contributed by atoms with Gasteiger partial charge in [-0.25, -0.2) is 0 Å². The molecule has 466 valence electrons. The van der Waals surface area contributed by atoms with Crippen LogP contribution in [0, 0.1) is 0 Å². The van der Waals surface area contributed by atoms with Gasteiger partial charge < -0.3 is 89.9 Å². The van der Waals surface area contributed by atoms with Crippen LogP contribution in [0.2, 0.25) is 0 Å². The van der Waals surface area contributed by atoms with E-state index in [4.69, 9.17) is 28.4 Å². The molecule has 0 saturated carbocycles. The molecular formula is C61H109NO18. The van der Waals surface area contributed by atoms with Crippen molar-refractivity contribution in [2.24, 2.45) is 0 Å². The van der Waals surface area contributed by atoms with Crippen molar-refractivity contribution in [3.05, 3.63) is 48.6 Å². The Morgan fingerprint density at radius 1 is 0.438 bits per heavy atom. The van der Waals surface area contributed by atoms with E-state index in [1.807, 2.05) is 6.08 Å². The Kier molecular flexibility index (Phi) is 39.8. The molecule has 17 atom stereocenters. The van der Waals surface area contributed by atoms with E-state index in [1.54, 1.807) is 6.08 Å². The highest BCUT2D eigenvalue weighted by atomic mass is 16.8. The summed E-state index contributed by atoms with van der Waals surface area (Å²) in [5.41, 5.74) is 0. The zero-order chi connectivity index (χ0) is 58.3. The van der Waals surface area contributed by atoms with Crippen LogP contribution in [0.25, 0.3) is 0 Å². The topological polar surface area (TPSA) is 307 Å². The lowest BCUT2D eigenvalue weighted by Crippen LogP contribution is -2.66. The van der Waals surface area contributed by atoms with Crippen molar-refractivity contribution in [1.29, 1.82) is 0 Å². The minimum absolute atomic E-state index is 0.220. The first kappa shape index (κ1) is 72.0. The number of nitrogens with one attached hydrogen (secondary N) is 1. The highest BCUT2D eigenvalue weighted by Gasteiger charge is 2.53. The Hall–Kier alpha value is -2.25.